The standard InChI is InChI=1S/C14H17NO5S/c1-18-9-5-4-6-10(19-2)13(9)14-15(7-12(17)20-3)11(16)8-21-14/h4-6,14H,7-8H2,1-3H3. The first-order valence-electron chi connectivity index (χ1n) is 6.31. The summed E-state index contributed by atoms with van der Waals surface area (Å²) in [5.41, 5.74) is 0.752. The normalized spacial score (nSPS) is 17.8. The Morgan fingerprint density at radius 2 is 1.90 bits per heavy atom. The molecule has 114 valence electrons. The number of ether oxygens (including phenoxy) is 3. The van der Waals surface area contributed by atoms with E-state index < -0.39 is 5.97 Å². The molecule has 0 N–H and O–H groups in total. The number of hydrogen-bond acceptors (Lipinski definition) is 6. The Labute approximate surface area is 127 Å². The Morgan fingerprint density at radius 3 is 2.43 bits per heavy atom. The Hall–Kier alpha value is -1.89. The highest BCUT2D eigenvalue weighted by Crippen LogP contribution is 2.46. The van der Waals surface area contributed by atoms with E-state index in [9.17, 15) is 9.59 Å². The fourth-order valence-electron chi connectivity index (χ4n) is 2.19. The van der Waals surface area contributed by atoms with E-state index in [0.29, 0.717) is 17.3 Å². The van der Waals surface area contributed by atoms with Gasteiger partial charge in [0, 0.05) is 0 Å². The molecule has 0 radical (unpaired) electrons. The van der Waals surface area contributed by atoms with Crippen molar-refractivity contribution in [3.63, 3.8) is 0 Å². The van der Waals surface area contributed by atoms with Crippen LogP contribution in [0, 0.1) is 0 Å². The van der Waals surface area contributed by atoms with Crippen LogP contribution in [0.2, 0.25) is 0 Å². The van der Waals surface area contributed by atoms with Gasteiger partial charge in [0.15, 0.2) is 0 Å². The Morgan fingerprint density at radius 1 is 1.29 bits per heavy atom. The minimum atomic E-state index is -0.454. The summed E-state index contributed by atoms with van der Waals surface area (Å²) in [5.74, 6) is 0.990. The van der Waals surface area contributed by atoms with Crippen LogP contribution in [-0.4, -0.2) is 50.4 Å². The van der Waals surface area contributed by atoms with Crippen LogP contribution in [0.25, 0.3) is 0 Å². The van der Waals surface area contributed by atoms with E-state index in [-0.39, 0.29) is 17.8 Å². The summed E-state index contributed by atoms with van der Waals surface area (Å²) in [6.45, 7) is -0.0891. The van der Waals surface area contributed by atoms with Crippen molar-refractivity contribution in [2.24, 2.45) is 0 Å². The second-order valence-corrected chi connectivity index (χ2v) is 5.41. The van der Waals surface area contributed by atoms with Gasteiger partial charge in [0.1, 0.15) is 23.4 Å². The fraction of sp³-hybridized carbons (Fsp3) is 0.429. The zero-order valence-corrected chi connectivity index (χ0v) is 12.9. The van der Waals surface area contributed by atoms with Crippen LogP contribution < -0.4 is 9.47 Å². The molecular weight excluding hydrogens is 294 g/mol. The van der Waals surface area contributed by atoms with Gasteiger partial charge >= 0.3 is 5.97 Å². The van der Waals surface area contributed by atoms with Crippen LogP contribution in [-0.2, 0) is 14.3 Å². The van der Waals surface area contributed by atoms with E-state index in [1.165, 1.54) is 23.8 Å². The Bertz CT molecular complexity index is 526. The average Bonchev–Trinajstić information content (AvgIpc) is 2.86. The number of carbonyl (C=O) groups is 2. The van der Waals surface area contributed by atoms with Gasteiger partial charge < -0.3 is 19.1 Å². The molecule has 1 aliphatic heterocycles. The second-order valence-electron chi connectivity index (χ2n) is 4.34. The van der Waals surface area contributed by atoms with E-state index in [0.717, 1.165) is 5.56 Å². The average molecular weight is 311 g/mol. The van der Waals surface area contributed by atoms with Crippen LogP contribution in [0.4, 0.5) is 0 Å². The molecule has 1 aromatic carbocycles. The first-order valence-corrected chi connectivity index (χ1v) is 7.36. The molecule has 1 heterocycles. The van der Waals surface area contributed by atoms with E-state index in [2.05, 4.69) is 4.74 Å². The lowest BCUT2D eigenvalue weighted by Crippen LogP contribution is -2.34. The lowest BCUT2D eigenvalue weighted by atomic mass is 10.1. The number of carbonyl (C=O) groups excluding carboxylic acids is 2. The second kappa shape index (κ2) is 6.71. The van der Waals surface area contributed by atoms with E-state index in [1.54, 1.807) is 26.4 Å². The summed E-state index contributed by atoms with van der Waals surface area (Å²) in [5, 5.41) is -0.331. The molecule has 1 amide bonds. The minimum Gasteiger partial charge on any atom is -0.496 e. The van der Waals surface area contributed by atoms with Crippen molar-refractivity contribution in [1.82, 2.24) is 4.90 Å². The number of hydrogen-bond donors (Lipinski definition) is 0. The van der Waals surface area contributed by atoms with Crippen molar-refractivity contribution in [2.45, 2.75) is 5.37 Å². The molecule has 0 saturated carbocycles. The van der Waals surface area contributed by atoms with Crippen LogP contribution >= 0.6 is 11.8 Å². The molecule has 0 bridgehead atoms. The molecule has 0 aliphatic carbocycles. The number of amides is 1. The largest absolute Gasteiger partial charge is 0.496 e. The van der Waals surface area contributed by atoms with Crippen LogP contribution in [0.1, 0.15) is 10.9 Å². The number of benzene rings is 1. The van der Waals surface area contributed by atoms with Crippen molar-refractivity contribution in [3.05, 3.63) is 23.8 Å². The molecule has 1 saturated heterocycles. The number of nitrogens with zero attached hydrogens (tertiary/aromatic N) is 1. The summed E-state index contributed by atoms with van der Waals surface area (Å²) in [7, 11) is 4.42. The maximum absolute atomic E-state index is 12.0. The van der Waals surface area contributed by atoms with Crippen molar-refractivity contribution in [1.29, 1.82) is 0 Å². The van der Waals surface area contributed by atoms with Gasteiger partial charge in [0.05, 0.1) is 32.6 Å². The predicted octanol–water partition coefficient (Wildman–Crippen LogP) is 1.45. The fourth-order valence-corrected chi connectivity index (χ4v) is 3.43. The van der Waals surface area contributed by atoms with Gasteiger partial charge in [-0.25, -0.2) is 0 Å². The molecule has 7 heteroatoms. The SMILES string of the molecule is COC(=O)CN1C(=O)CSC1c1c(OC)cccc1OC. The van der Waals surface area contributed by atoms with Crippen molar-refractivity contribution in [2.75, 3.05) is 33.6 Å². The molecule has 1 aromatic rings. The van der Waals surface area contributed by atoms with Crippen LogP contribution in [0.3, 0.4) is 0 Å². The molecule has 1 atom stereocenters. The molecule has 1 fully saturated rings. The minimum absolute atomic E-state index is 0.0891. The highest BCUT2D eigenvalue weighted by molar-refractivity contribution is 8.00. The maximum atomic E-state index is 12.0. The van der Waals surface area contributed by atoms with Crippen molar-refractivity contribution in [3.8, 4) is 11.5 Å². The van der Waals surface area contributed by atoms with Gasteiger partial charge in [0.2, 0.25) is 5.91 Å². The summed E-state index contributed by atoms with van der Waals surface area (Å²) in [4.78, 5) is 25.0. The van der Waals surface area contributed by atoms with E-state index >= 15 is 0 Å². The summed E-state index contributed by atoms with van der Waals surface area (Å²) in [6.07, 6.45) is 0. The van der Waals surface area contributed by atoms with Gasteiger partial charge in [-0.1, -0.05) is 6.07 Å². The first kappa shape index (κ1) is 15.5. The van der Waals surface area contributed by atoms with Gasteiger partial charge in [-0.05, 0) is 12.1 Å². The number of thioether (sulfide) groups is 1. The van der Waals surface area contributed by atoms with Gasteiger partial charge in [-0.3, -0.25) is 9.59 Å². The highest BCUT2D eigenvalue weighted by atomic mass is 32.2. The van der Waals surface area contributed by atoms with Crippen LogP contribution in [0.5, 0.6) is 11.5 Å². The molecule has 21 heavy (non-hydrogen) atoms. The highest BCUT2D eigenvalue weighted by Gasteiger charge is 2.37. The molecule has 1 aliphatic rings. The quantitative estimate of drug-likeness (QED) is 0.767. The zero-order chi connectivity index (χ0) is 15.4. The van der Waals surface area contributed by atoms with Gasteiger partial charge in [0.25, 0.3) is 0 Å². The summed E-state index contributed by atoms with van der Waals surface area (Å²) < 4.78 is 15.4. The molecule has 0 aromatic heterocycles. The Kier molecular flexibility index (Phi) is 4.95. The van der Waals surface area contributed by atoms with Crippen molar-refractivity contribution < 1.29 is 23.8 Å². The lowest BCUT2D eigenvalue weighted by Gasteiger charge is -2.25. The smallest absolute Gasteiger partial charge is 0.325 e. The lowest BCUT2D eigenvalue weighted by molar-refractivity contribution is -0.146. The maximum Gasteiger partial charge on any atom is 0.325 e. The Balaban J connectivity index is 2.39. The topological polar surface area (TPSA) is 65.1 Å². The number of esters is 1. The first-order chi connectivity index (χ1) is 10.1. The van der Waals surface area contributed by atoms with Crippen molar-refractivity contribution >= 4 is 23.6 Å². The van der Waals surface area contributed by atoms with Gasteiger partial charge in [-0.15, -0.1) is 11.8 Å². The van der Waals surface area contributed by atoms with E-state index in [4.69, 9.17) is 9.47 Å². The monoisotopic (exact) mass is 311 g/mol. The zero-order valence-electron chi connectivity index (χ0n) is 12.1. The third-order valence-electron chi connectivity index (χ3n) is 3.21. The summed E-state index contributed by atoms with van der Waals surface area (Å²) >= 11 is 1.43. The number of rotatable bonds is 5. The van der Waals surface area contributed by atoms with E-state index in [1.807, 2.05) is 6.07 Å². The molecule has 6 nitrogen and oxygen atoms in total. The number of methoxy groups -OCH3 is 3. The predicted molar refractivity (Wildman–Crippen MR) is 78.5 cm³/mol. The third kappa shape index (κ3) is 3.07. The molecule has 1 unspecified atom stereocenters. The van der Waals surface area contributed by atoms with Gasteiger partial charge in [-0.2, -0.15) is 0 Å². The molecular formula is C14H17NO5S. The van der Waals surface area contributed by atoms with Crippen LogP contribution in [0.15, 0.2) is 18.2 Å². The third-order valence-corrected chi connectivity index (χ3v) is 4.43. The molecule has 0 spiro atoms. The summed E-state index contributed by atoms with van der Waals surface area (Å²) in [6, 6.07) is 5.42. The molecule has 2 rings (SSSR count).